The van der Waals surface area contributed by atoms with Crippen LogP contribution in [-0.4, -0.2) is 61.2 Å². The van der Waals surface area contributed by atoms with Gasteiger partial charge in [0, 0.05) is 12.8 Å². The van der Waals surface area contributed by atoms with Crippen LogP contribution >= 0.6 is 11.6 Å². The maximum absolute atomic E-state index is 5.67. The van der Waals surface area contributed by atoms with Crippen LogP contribution in [0.15, 0.2) is 20.0 Å². The third-order valence-electron chi connectivity index (χ3n) is 2.19. The molecule has 1 unspecified atom stereocenters. The maximum atomic E-state index is 5.67. The van der Waals surface area contributed by atoms with E-state index in [2.05, 4.69) is 20.0 Å². The largest absolute Gasteiger partial charge is 0.306 e. The minimum atomic E-state index is -0.501. The Labute approximate surface area is 93.3 Å². The number of aliphatic imine (C=N–C) groups is 4. The molecule has 1 atom stereocenters. The highest BCUT2D eigenvalue weighted by molar-refractivity contribution is 6.32. The van der Waals surface area contributed by atoms with Gasteiger partial charge >= 0.3 is 0 Å². The van der Waals surface area contributed by atoms with E-state index in [0.29, 0.717) is 24.1 Å². The van der Waals surface area contributed by atoms with Gasteiger partial charge in [0.05, 0.1) is 5.88 Å². The summed E-state index contributed by atoms with van der Waals surface area (Å²) in [7, 11) is 3.96. The zero-order valence-corrected chi connectivity index (χ0v) is 9.44. The number of amidine groups is 2. The normalized spacial score (nSPS) is 28.0. The van der Waals surface area contributed by atoms with E-state index in [4.69, 9.17) is 11.6 Å². The minimum absolute atomic E-state index is 0.299. The van der Waals surface area contributed by atoms with E-state index >= 15 is 0 Å². The van der Waals surface area contributed by atoms with Crippen molar-refractivity contribution in [3.05, 3.63) is 0 Å². The fraction of sp³-hybridized carbons (Fsp3) is 0.556. The van der Waals surface area contributed by atoms with Gasteiger partial charge in [-0.2, -0.15) is 0 Å². The van der Waals surface area contributed by atoms with Crippen LogP contribution in [0.1, 0.15) is 0 Å². The van der Waals surface area contributed by atoms with E-state index in [-0.39, 0.29) is 0 Å². The number of fused-ring (bicyclic) bond motifs is 1. The zero-order chi connectivity index (χ0) is 10.9. The van der Waals surface area contributed by atoms with Crippen LogP contribution in [-0.2, 0) is 0 Å². The molecule has 0 aromatic rings. The van der Waals surface area contributed by atoms with Gasteiger partial charge in [-0.3, -0.25) is 4.99 Å². The first-order chi connectivity index (χ1) is 7.16. The fourth-order valence-corrected chi connectivity index (χ4v) is 1.73. The highest BCUT2D eigenvalue weighted by Crippen LogP contribution is 2.21. The molecular weight excluding hydrogens is 214 g/mol. The summed E-state index contributed by atoms with van der Waals surface area (Å²) in [5, 5.41) is 0. The number of hydrogen-bond donors (Lipinski definition) is 0. The summed E-state index contributed by atoms with van der Waals surface area (Å²) in [6.07, 6.45) is 3.31. The van der Waals surface area contributed by atoms with Crippen molar-refractivity contribution in [2.45, 2.75) is 5.54 Å². The molecule has 0 aromatic carbocycles. The van der Waals surface area contributed by atoms with Gasteiger partial charge in [0.1, 0.15) is 12.2 Å². The third kappa shape index (κ3) is 1.85. The van der Waals surface area contributed by atoms with Crippen molar-refractivity contribution < 1.29 is 0 Å². The molecule has 0 saturated heterocycles. The van der Waals surface area contributed by atoms with Crippen molar-refractivity contribution in [2.75, 3.05) is 26.5 Å². The molecular formula is C9H12ClN5. The molecule has 80 valence electrons. The summed E-state index contributed by atoms with van der Waals surface area (Å²) < 4.78 is 0. The van der Waals surface area contributed by atoms with Crippen LogP contribution in [0.2, 0.25) is 0 Å². The molecule has 0 saturated carbocycles. The average Bonchev–Trinajstić information content (AvgIpc) is 2.58. The zero-order valence-electron chi connectivity index (χ0n) is 8.68. The molecule has 2 rings (SSSR count). The third-order valence-corrected chi connectivity index (χ3v) is 2.43. The van der Waals surface area contributed by atoms with Gasteiger partial charge in [0.15, 0.2) is 11.4 Å². The Morgan fingerprint density at radius 3 is 2.93 bits per heavy atom. The van der Waals surface area contributed by atoms with Crippen molar-refractivity contribution >= 4 is 35.8 Å². The lowest BCUT2D eigenvalue weighted by Gasteiger charge is -2.27. The highest BCUT2D eigenvalue weighted by atomic mass is 35.5. The van der Waals surface area contributed by atoms with Crippen LogP contribution in [0.5, 0.6) is 0 Å². The summed E-state index contributed by atoms with van der Waals surface area (Å²) >= 11 is 5.67. The Hall–Kier alpha value is -1.07. The summed E-state index contributed by atoms with van der Waals surface area (Å²) in [5.41, 5.74) is -0.501. The van der Waals surface area contributed by atoms with Crippen LogP contribution in [0.25, 0.3) is 0 Å². The Morgan fingerprint density at radius 2 is 2.27 bits per heavy atom. The predicted octanol–water partition coefficient (Wildman–Crippen LogP) is 0.449. The molecule has 0 N–H and O–H groups in total. The number of hydrogen-bond acceptors (Lipinski definition) is 5. The van der Waals surface area contributed by atoms with E-state index in [1.807, 2.05) is 19.0 Å². The van der Waals surface area contributed by atoms with Crippen LogP contribution < -0.4 is 0 Å². The SMILES string of the molecule is CN(C)CC12C=NC(CCl)=NC1=NC=N2. The van der Waals surface area contributed by atoms with E-state index < -0.39 is 5.54 Å². The van der Waals surface area contributed by atoms with Gasteiger partial charge in [-0.1, -0.05) is 0 Å². The fourth-order valence-electron chi connectivity index (χ4n) is 1.60. The van der Waals surface area contributed by atoms with Gasteiger partial charge in [-0.15, -0.1) is 11.6 Å². The van der Waals surface area contributed by atoms with Gasteiger partial charge in [0.25, 0.3) is 0 Å². The summed E-state index contributed by atoms with van der Waals surface area (Å²) in [4.78, 5) is 19.0. The minimum Gasteiger partial charge on any atom is -0.306 e. The Kier molecular flexibility index (Phi) is 2.67. The molecule has 2 heterocycles. The Balaban J connectivity index is 2.29. The number of alkyl halides is 1. The second-order valence-electron chi connectivity index (χ2n) is 3.78. The molecule has 2 aliphatic heterocycles. The number of nitrogens with zero attached hydrogens (tertiary/aromatic N) is 5. The lowest BCUT2D eigenvalue weighted by molar-refractivity contribution is 0.383. The Bertz CT molecular complexity index is 382. The predicted molar refractivity (Wildman–Crippen MR) is 63.9 cm³/mol. The standard InChI is InChI=1S/C9H12ClN5/c1-15(2)5-9-4-11-7(3-10)14-8(9)12-6-13-9/h4,6H,3,5H2,1-2H3. The second kappa shape index (κ2) is 3.83. The quantitative estimate of drug-likeness (QED) is 0.644. The first-order valence-corrected chi connectivity index (χ1v) is 5.15. The van der Waals surface area contributed by atoms with Gasteiger partial charge < -0.3 is 4.90 Å². The van der Waals surface area contributed by atoms with Crippen molar-refractivity contribution in [3.8, 4) is 0 Å². The molecule has 2 aliphatic rings. The highest BCUT2D eigenvalue weighted by Gasteiger charge is 2.39. The van der Waals surface area contributed by atoms with E-state index in [1.165, 1.54) is 6.34 Å². The lowest BCUT2D eigenvalue weighted by Crippen LogP contribution is -2.47. The van der Waals surface area contributed by atoms with E-state index in [1.54, 1.807) is 6.21 Å². The summed E-state index contributed by atoms with van der Waals surface area (Å²) in [6.45, 7) is 0.713. The van der Waals surface area contributed by atoms with Crippen molar-refractivity contribution in [2.24, 2.45) is 20.0 Å². The molecule has 0 fully saturated rings. The number of rotatable bonds is 3. The average molecular weight is 226 g/mol. The molecule has 0 spiro atoms. The molecule has 6 heteroatoms. The smallest absolute Gasteiger partial charge is 0.169 e. The lowest BCUT2D eigenvalue weighted by atomic mass is 9.99. The van der Waals surface area contributed by atoms with Crippen LogP contribution in [0.3, 0.4) is 0 Å². The van der Waals surface area contributed by atoms with Crippen LogP contribution in [0, 0.1) is 0 Å². The number of likely N-dealkylation sites (N-methyl/N-ethyl adjacent to an activating group) is 1. The Morgan fingerprint density at radius 1 is 1.47 bits per heavy atom. The maximum Gasteiger partial charge on any atom is 0.169 e. The van der Waals surface area contributed by atoms with Gasteiger partial charge in [-0.05, 0) is 14.1 Å². The molecule has 0 amide bonds. The first kappa shape index (κ1) is 10.4. The van der Waals surface area contributed by atoms with E-state index in [9.17, 15) is 0 Å². The molecule has 0 aliphatic carbocycles. The van der Waals surface area contributed by atoms with Crippen LogP contribution in [0.4, 0.5) is 0 Å². The van der Waals surface area contributed by atoms with Crippen molar-refractivity contribution in [1.29, 1.82) is 0 Å². The molecule has 0 bridgehead atoms. The van der Waals surface area contributed by atoms with Crippen molar-refractivity contribution in [3.63, 3.8) is 0 Å². The first-order valence-electron chi connectivity index (χ1n) is 4.62. The monoisotopic (exact) mass is 225 g/mol. The number of halogens is 1. The molecule has 0 radical (unpaired) electrons. The topological polar surface area (TPSA) is 52.7 Å². The molecule has 0 aromatic heterocycles. The van der Waals surface area contributed by atoms with E-state index in [0.717, 1.165) is 0 Å². The summed E-state index contributed by atoms with van der Waals surface area (Å²) in [6, 6.07) is 0. The van der Waals surface area contributed by atoms with Gasteiger partial charge in [-0.25, -0.2) is 15.0 Å². The summed E-state index contributed by atoms with van der Waals surface area (Å²) in [5.74, 6) is 1.57. The van der Waals surface area contributed by atoms with Crippen molar-refractivity contribution in [1.82, 2.24) is 4.90 Å². The molecule has 15 heavy (non-hydrogen) atoms. The van der Waals surface area contributed by atoms with Gasteiger partial charge in [0.2, 0.25) is 0 Å². The molecule has 5 nitrogen and oxygen atoms in total. The second-order valence-corrected chi connectivity index (χ2v) is 4.05.